The molecule has 0 heterocycles. The summed E-state index contributed by atoms with van der Waals surface area (Å²) >= 11 is 0. The van der Waals surface area contributed by atoms with Gasteiger partial charge in [-0.15, -0.1) is 0 Å². The van der Waals surface area contributed by atoms with Crippen LogP contribution < -0.4 is 0 Å². The van der Waals surface area contributed by atoms with Crippen LogP contribution in [0.15, 0.2) is 12.2 Å². The van der Waals surface area contributed by atoms with Crippen molar-refractivity contribution >= 4 is 10.5 Å². The van der Waals surface area contributed by atoms with E-state index in [1.165, 1.54) is 25.7 Å². The lowest BCUT2D eigenvalue weighted by atomic mass is 10.1. The lowest BCUT2D eigenvalue weighted by Crippen LogP contribution is -1.95. The van der Waals surface area contributed by atoms with Gasteiger partial charge in [-0.2, -0.15) is 0 Å². The van der Waals surface area contributed by atoms with Crippen LogP contribution in [0, 0.1) is 0 Å². The number of rotatable bonds is 1. The van der Waals surface area contributed by atoms with Gasteiger partial charge >= 0.3 is 0 Å². The van der Waals surface area contributed by atoms with Crippen molar-refractivity contribution in [3.8, 4) is 0 Å². The summed E-state index contributed by atoms with van der Waals surface area (Å²) in [5.41, 5.74) is 0. The van der Waals surface area contributed by atoms with Crippen molar-refractivity contribution < 1.29 is 4.43 Å². The highest BCUT2D eigenvalue weighted by molar-refractivity contribution is 5.98. The van der Waals surface area contributed by atoms with Crippen LogP contribution in [0.1, 0.15) is 39.5 Å². The van der Waals surface area contributed by atoms with Gasteiger partial charge < -0.3 is 4.43 Å². The second-order valence-corrected chi connectivity index (χ2v) is 3.51. The molecule has 1 nitrogen and oxygen atoms in total. The molecule has 1 rings (SSSR count). The average molecular weight is 172 g/mol. The monoisotopic (exact) mass is 172 g/mol. The molecule has 0 atom stereocenters. The number of allylic oxidation sites excluding steroid dienone is 2. The second kappa shape index (κ2) is 8.02. The molecular formula is C9H20OSi. The fourth-order valence-corrected chi connectivity index (χ4v) is 0.760. The van der Waals surface area contributed by atoms with E-state index in [2.05, 4.69) is 12.2 Å². The minimum absolute atomic E-state index is 0.446. The van der Waals surface area contributed by atoms with Gasteiger partial charge in [0.25, 0.3) is 0 Å². The first-order chi connectivity index (χ1) is 5.27. The molecule has 0 fully saturated rings. The summed E-state index contributed by atoms with van der Waals surface area (Å²) in [6, 6.07) is 0. The molecule has 0 aromatic heterocycles. The Morgan fingerprint density at radius 2 is 1.55 bits per heavy atom. The van der Waals surface area contributed by atoms with E-state index >= 15 is 0 Å². The van der Waals surface area contributed by atoms with Crippen LogP contribution in [-0.4, -0.2) is 16.6 Å². The summed E-state index contributed by atoms with van der Waals surface area (Å²) < 4.78 is 4.89. The fourth-order valence-electron chi connectivity index (χ4n) is 0.760. The summed E-state index contributed by atoms with van der Waals surface area (Å²) in [5, 5.41) is 0. The topological polar surface area (TPSA) is 9.23 Å². The molecule has 1 aliphatic rings. The molecule has 0 aliphatic heterocycles. The van der Waals surface area contributed by atoms with Crippen LogP contribution >= 0.6 is 0 Å². The molecule has 0 spiro atoms. The van der Waals surface area contributed by atoms with Crippen molar-refractivity contribution in [2.75, 3.05) is 0 Å². The third kappa shape index (κ3) is 9.92. The zero-order chi connectivity index (χ0) is 8.53. The van der Waals surface area contributed by atoms with E-state index in [0.29, 0.717) is 6.10 Å². The Balaban J connectivity index is 0.000000187. The molecule has 11 heavy (non-hydrogen) atoms. The molecular weight excluding hydrogens is 152 g/mol. The fraction of sp³-hybridized carbons (Fsp3) is 0.778. The summed E-state index contributed by atoms with van der Waals surface area (Å²) in [5.74, 6) is 0. The van der Waals surface area contributed by atoms with E-state index in [4.69, 9.17) is 4.43 Å². The van der Waals surface area contributed by atoms with Gasteiger partial charge in [-0.1, -0.05) is 12.2 Å². The van der Waals surface area contributed by atoms with Crippen molar-refractivity contribution in [3.05, 3.63) is 12.2 Å². The van der Waals surface area contributed by atoms with Crippen LogP contribution in [0.3, 0.4) is 0 Å². The first-order valence-electron chi connectivity index (χ1n) is 4.45. The largest absolute Gasteiger partial charge is 0.426 e. The third-order valence-corrected chi connectivity index (χ3v) is 2.57. The molecule has 0 radical (unpaired) electrons. The van der Waals surface area contributed by atoms with Crippen LogP contribution in [0.4, 0.5) is 0 Å². The maximum atomic E-state index is 4.89. The summed E-state index contributed by atoms with van der Waals surface area (Å²) in [6.07, 6.45) is 10.4. The van der Waals surface area contributed by atoms with Crippen molar-refractivity contribution in [1.82, 2.24) is 0 Å². The maximum absolute atomic E-state index is 4.89. The van der Waals surface area contributed by atoms with Crippen molar-refractivity contribution in [1.29, 1.82) is 0 Å². The molecule has 0 saturated carbocycles. The Labute approximate surface area is 73.4 Å². The third-order valence-electron chi connectivity index (χ3n) is 1.63. The highest BCUT2D eigenvalue weighted by Crippen LogP contribution is 2.07. The zero-order valence-electron chi connectivity index (χ0n) is 7.97. The smallest absolute Gasteiger partial charge is 0.146 e. The van der Waals surface area contributed by atoms with E-state index in [1.807, 2.05) is 13.8 Å². The Hall–Kier alpha value is -0.0831. The normalized spacial score (nSPS) is 16.3. The number of hydrogen-bond acceptors (Lipinski definition) is 1. The maximum Gasteiger partial charge on any atom is 0.146 e. The first kappa shape index (κ1) is 10.9. The summed E-state index contributed by atoms with van der Waals surface area (Å²) in [6.45, 7) is 4.07. The Morgan fingerprint density at radius 1 is 1.18 bits per heavy atom. The minimum Gasteiger partial charge on any atom is -0.426 e. The standard InChI is InChI=1S/C6H10.C3H10OSi/c1-2-4-6-5-3-1;1-3(2)4-5/h1-2H,3-6H2;3H,1-2,5H3. The van der Waals surface area contributed by atoms with Crippen LogP contribution in [0.25, 0.3) is 0 Å². The van der Waals surface area contributed by atoms with Gasteiger partial charge in [0, 0.05) is 6.10 Å². The molecule has 1 aliphatic carbocycles. The summed E-state index contributed by atoms with van der Waals surface area (Å²) in [4.78, 5) is 0. The lowest BCUT2D eigenvalue weighted by Gasteiger charge is -1.97. The molecule has 0 N–H and O–H groups in total. The van der Waals surface area contributed by atoms with Gasteiger partial charge in [-0.3, -0.25) is 0 Å². The van der Waals surface area contributed by atoms with Crippen LogP contribution in [0.2, 0.25) is 0 Å². The van der Waals surface area contributed by atoms with Crippen molar-refractivity contribution in [3.63, 3.8) is 0 Å². The van der Waals surface area contributed by atoms with E-state index in [0.717, 1.165) is 10.5 Å². The molecule has 2 heteroatoms. The minimum atomic E-state index is 0.446. The molecule has 0 amide bonds. The molecule has 66 valence electrons. The van der Waals surface area contributed by atoms with Gasteiger partial charge in [-0.25, -0.2) is 0 Å². The Bertz CT molecular complexity index is 91.7. The Kier molecular flexibility index (Phi) is 7.96. The molecule has 0 unspecified atom stereocenters. The first-order valence-corrected chi connectivity index (χ1v) is 5.26. The average Bonchev–Trinajstić information content (AvgIpc) is 2.09. The van der Waals surface area contributed by atoms with Gasteiger partial charge in [0.05, 0.1) is 0 Å². The molecule has 0 bridgehead atoms. The molecule has 0 aromatic rings. The van der Waals surface area contributed by atoms with Crippen LogP contribution in [0.5, 0.6) is 0 Å². The SMILES string of the molecule is C1=CCCCC1.CC(C)O[SiH3]. The van der Waals surface area contributed by atoms with E-state index in [-0.39, 0.29) is 0 Å². The predicted molar refractivity (Wildman–Crippen MR) is 53.8 cm³/mol. The predicted octanol–water partition coefficient (Wildman–Crippen LogP) is 1.81. The lowest BCUT2D eigenvalue weighted by molar-refractivity contribution is 0.267. The van der Waals surface area contributed by atoms with E-state index < -0.39 is 0 Å². The van der Waals surface area contributed by atoms with Gasteiger partial charge in [-0.05, 0) is 39.5 Å². The van der Waals surface area contributed by atoms with E-state index in [1.54, 1.807) is 0 Å². The van der Waals surface area contributed by atoms with Crippen LogP contribution in [-0.2, 0) is 4.43 Å². The quantitative estimate of drug-likeness (QED) is 0.433. The Morgan fingerprint density at radius 3 is 1.64 bits per heavy atom. The van der Waals surface area contributed by atoms with Crippen molar-refractivity contribution in [2.24, 2.45) is 0 Å². The van der Waals surface area contributed by atoms with Crippen molar-refractivity contribution in [2.45, 2.75) is 45.6 Å². The summed E-state index contributed by atoms with van der Waals surface area (Å²) in [7, 11) is 0.873. The molecule has 0 aromatic carbocycles. The zero-order valence-corrected chi connectivity index (χ0v) is 9.97. The highest BCUT2D eigenvalue weighted by Gasteiger charge is 1.87. The van der Waals surface area contributed by atoms with Gasteiger partial charge in [0.15, 0.2) is 0 Å². The van der Waals surface area contributed by atoms with Gasteiger partial charge in [0.2, 0.25) is 0 Å². The highest BCUT2D eigenvalue weighted by atomic mass is 28.2. The second-order valence-electron chi connectivity index (χ2n) is 3.04. The number of hydrogen-bond donors (Lipinski definition) is 0. The molecule has 0 saturated heterocycles. The van der Waals surface area contributed by atoms with Gasteiger partial charge in [0.1, 0.15) is 10.5 Å². The van der Waals surface area contributed by atoms with E-state index in [9.17, 15) is 0 Å².